The minimum absolute atomic E-state index is 0.0696. The molecule has 0 aromatic heterocycles. The van der Waals surface area contributed by atoms with Crippen molar-refractivity contribution >= 4 is 46.6 Å². The summed E-state index contributed by atoms with van der Waals surface area (Å²) in [4.78, 5) is 52.3. The lowest BCUT2D eigenvalue weighted by Gasteiger charge is -2.25. The predicted octanol–water partition coefficient (Wildman–Crippen LogP) is 2.77. The molecule has 0 unspecified atom stereocenters. The van der Waals surface area contributed by atoms with Crippen LogP contribution < -0.4 is 20.4 Å². The predicted molar refractivity (Wildman–Crippen MR) is 138 cm³/mol. The summed E-state index contributed by atoms with van der Waals surface area (Å²) < 4.78 is 0. The molecule has 11 heteroatoms. The summed E-state index contributed by atoms with van der Waals surface area (Å²) in [6.07, 6.45) is 0. The summed E-state index contributed by atoms with van der Waals surface area (Å²) >= 11 is 0. The van der Waals surface area contributed by atoms with Gasteiger partial charge in [0.05, 0.1) is 6.54 Å². The van der Waals surface area contributed by atoms with Gasteiger partial charge in [-0.15, -0.1) is 0 Å². The second kappa shape index (κ2) is 12.5. The van der Waals surface area contributed by atoms with Gasteiger partial charge in [0.15, 0.2) is 5.71 Å². The van der Waals surface area contributed by atoms with Crippen LogP contribution in [-0.4, -0.2) is 60.0 Å². The summed E-state index contributed by atoms with van der Waals surface area (Å²) in [6.45, 7) is -0.667. The molecule has 0 spiro atoms. The van der Waals surface area contributed by atoms with Crippen molar-refractivity contribution in [1.82, 2.24) is 5.32 Å². The molecule has 4 N–H and O–H groups in total. The van der Waals surface area contributed by atoms with Gasteiger partial charge < -0.3 is 30.7 Å². The third-order valence-corrected chi connectivity index (χ3v) is 5.28. The van der Waals surface area contributed by atoms with Gasteiger partial charge in [-0.1, -0.05) is 53.7 Å². The first-order chi connectivity index (χ1) is 17.8. The second-order valence-electron chi connectivity index (χ2n) is 7.75. The Kier molecular flexibility index (Phi) is 8.92. The minimum Gasteiger partial charge on any atom is -0.476 e. The van der Waals surface area contributed by atoms with Crippen molar-refractivity contribution in [2.75, 3.05) is 35.3 Å². The van der Waals surface area contributed by atoms with Gasteiger partial charge in [0.2, 0.25) is 11.8 Å². The molecule has 3 aromatic rings. The number of para-hydroxylation sites is 2. The van der Waals surface area contributed by atoms with E-state index in [4.69, 9.17) is 10.3 Å². The molecule has 0 saturated heterocycles. The zero-order valence-electron chi connectivity index (χ0n) is 19.9. The lowest BCUT2D eigenvalue weighted by Crippen LogP contribution is -2.46. The molecule has 0 aliphatic heterocycles. The lowest BCUT2D eigenvalue weighted by molar-refractivity contribution is -0.129. The molecule has 0 atom stereocenters. The molecule has 11 nitrogen and oxygen atoms in total. The maximum Gasteiger partial charge on any atom is 0.358 e. The number of urea groups is 1. The molecular formula is C26H25N5O6. The van der Waals surface area contributed by atoms with Crippen molar-refractivity contribution in [3.63, 3.8) is 0 Å². The summed E-state index contributed by atoms with van der Waals surface area (Å²) in [7, 11) is 1.61. The number of aliphatic carboxylic acids is 1. The van der Waals surface area contributed by atoms with E-state index in [1.807, 2.05) is 6.07 Å². The van der Waals surface area contributed by atoms with Gasteiger partial charge in [-0.05, 0) is 36.4 Å². The molecule has 0 radical (unpaired) electrons. The van der Waals surface area contributed by atoms with E-state index in [1.165, 1.54) is 34.1 Å². The fraction of sp³-hybridized carbons (Fsp3) is 0.115. The molecule has 4 amide bonds. The van der Waals surface area contributed by atoms with Crippen LogP contribution in [0.1, 0.15) is 5.56 Å². The number of amides is 4. The minimum atomic E-state index is -1.44. The van der Waals surface area contributed by atoms with E-state index >= 15 is 0 Å². The monoisotopic (exact) mass is 503 g/mol. The smallest absolute Gasteiger partial charge is 0.358 e. The fourth-order valence-electron chi connectivity index (χ4n) is 3.36. The Balaban J connectivity index is 1.67. The molecular weight excluding hydrogens is 478 g/mol. The number of anilines is 3. The van der Waals surface area contributed by atoms with E-state index in [0.717, 1.165) is 0 Å². The lowest BCUT2D eigenvalue weighted by atomic mass is 10.1. The third kappa shape index (κ3) is 7.15. The molecule has 190 valence electrons. The number of hydrogen-bond acceptors (Lipinski definition) is 6. The standard InChI is InChI=1S/C26H25N5O6/c1-30(20-11-4-2-5-12-20)23(33)17-31(21-13-6-3-7-14-21)22(32)16-27-26(36)28-19-10-8-9-18(15-19)24(29-37)25(34)35/h2-15,37H,16-17H2,1H3,(H,34,35)(H2,27,28,36)/b29-24-. The van der Waals surface area contributed by atoms with Crippen LogP contribution in [0.2, 0.25) is 0 Å². The maximum absolute atomic E-state index is 13.1. The third-order valence-electron chi connectivity index (χ3n) is 5.28. The van der Waals surface area contributed by atoms with Crippen molar-refractivity contribution in [2.45, 2.75) is 0 Å². The molecule has 0 aliphatic carbocycles. The Morgan fingerprint density at radius 3 is 2.05 bits per heavy atom. The molecule has 0 fully saturated rings. The highest BCUT2D eigenvalue weighted by Crippen LogP contribution is 2.16. The zero-order chi connectivity index (χ0) is 26.8. The summed E-state index contributed by atoms with van der Waals surface area (Å²) in [5.41, 5.74) is 0.846. The van der Waals surface area contributed by atoms with E-state index in [9.17, 15) is 19.2 Å². The number of oxime groups is 1. The normalized spacial score (nSPS) is 10.8. The molecule has 3 rings (SSSR count). The Morgan fingerprint density at radius 1 is 0.838 bits per heavy atom. The van der Waals surface area contributed by atoms with Crippen molar-refractivity contribution in [1.29, 1.82) is 0 Å². The summed E-state index contributed by atoms with van der Waals surface area (Å²) in [5, 5.41) is 25.7. The molecule has 37 heavy (non-hydrogen) atoms. The summed E-state index contributed by atoms with van der Waals surface area (Å²) in [6, 6.07) is 22.5. The van der Waals surface area contributed by atoms with Crippen LogP contribution in [0.25, 0.3) is 0 Å². The van der Waals surface area contributed by atoms with Gasteiger partial charge in [0, 0.05) is 29.7 Å². The number of likely N-dealkylation sites (N-methyl/N-ethyl adjacent to an activating group) is 1. The quantitative estimate of drug-likeness (QED) is 0.200. The largest absolute Gasteiger partial charge is 0.476 e. The zero-order valence-corrected chi connectivity index (χ0v) is 19.9. The van der Waals surface area contributed by atoms with E-state index < -0.39 is 30.2 Å². The highest BCUT2D eigenvalue weighted by atomic mass is 16.4. The van der Waals surface area contributed by atoms with Crippen molar-refractivity contribution in [3.05, 3.63) is 90.5 Å². The number of carboxylic acids is 1. The van der Waals surface area contributed by atoms with E-state index in [-0.39, 0.29) is 23.7 Å². The van der Waals surface area contributed by atoms with E-state index in [0.29, 0.717) is 11.4 Å². The number of rotatable bonds is 9. The van der Waals surface area contributed by atoms with Crippen LogP contribution in [0.15, 0.2) is 90.1 Å². The number of nitrogens with one attached hydrogen (secondary N) is 2. The van der Waals surface area contributed by atoms with Gasteiger partial charge in [0.1, 0.15) is 6.54 Å². The van der Waals surface area contributed by atoms with Crippen LogP contribution in [0, 0.1) is 0 Å². The number of nitrogens with zero attached hydrogens (tertiary/aromatic N) is 3. The molecule has 0 aliphatic rings. The highest BCUT2D eigenvalue weighted by molar-refractivity contribution is 6.42. The van der Waals surface area contributed by atoms with Crippen molar-refractivity contribution in [3.8, 4) is 0 Å². The molecule has 3 aromatic carbocycles. The molecule has 0 bridgehead atoms. The first kappa shape index (κ1) is 26.4. The van der Waals surface area contributed by atoms with Crippen LogP contribution >= 0.6 is 0 Å². The van der Waals surface area contributed by atoms with Gasteiger partial charge in [0.25, 0.3) is 0 Å². The Labute approximate surface area is 212 Å². The number of hydrogen-bond donors (Lipinski definition) is 4. The Bertz CT molecular complexity index is 1300. The van der Waals surface area contributed by atoms with Gasteiger partial charge in [-0.2, -0.15) is 0 Å². The van der Waals surface area contributed by atoms with E-state index in [1.54, 1.807) is 61.6 Å². The first-order valence-corrected chi connectivity index (χ1v) is 11.1. The van der Waals surface area contributed by atoms with Crippen LogP contribution in [0.3, 0.4) is 0 Å². The SMILES string of the molecule is CN(C(=O)CN(C(=O)CNC(=O)Nc1cccc(/C(=N/O)C(=O)O)c1)c1ccccc1)c1ccccc1. The first-order valence-electron chi connectivity index (χ1n) is 11.1. The van der Waals surface area contributed by atoms with Crippen molar-refractivity contribution in [2.24, 2.45) is 5.16 Å². The average Bonchev–Trinajstić information content (AvgIpc) is 2.91. The average molecular weight is 504 g/mol. The Hall–Kier alpha value is -5.19. The van der Waals surface area contributed by atoms with Gasteiger partial charge >= 0.3 is 12.0 Å². The van der Waals surface area contributed by atoms with Crippen LogP contribution in [0.5, 0.6) is 0 Å². The van der Waals surface area contributed by atoms with Crippen LogP contribution in [-0.2, 0) is 14.4 Å². The number of carbonyl (C=O) groups excluding carboxylic acids is 3. The van der Waals surface area contributed by atoms with E-state index in [2.05, 4.69) is 15.8 Å². The number of carbonyl (C=O) groups is 4. The van der Waals surface area contributed by atoms with Crippen LogP contribution in [0.4, 0.5) is 21.9 Å². The van der Waals surface area contributed by atoms with Crippen molar-refractivity contribution < 1.29 is 29.5 Å². The molecule has 0 saturated carbocycles. The maximum atomic E-state index is 13.1. The van der Waals surface area contributed by atoms with Gasteiger partial charge in [-0.3, -0.25) is 9.59 Å². The number of benzene rings is 3. The Morgan fingerprint density at radius 2 is 1.46 bits per heavy atom. The molecule has 0 heterocycles. The fourth-order valence-corrected chi connectivity index (χ4v) is 3.36. The van der Waals surface area contributed by atoms with Gasteiger partial charge in [-0.25, -0.2) is 9.59 Å². The summed E-state index contributed by atoms with van der Waals surface area (Å²) in [5.74, 6) is -2.29. The number of carboxylic acid groups (broad SMARTS) is 1. The highest BCUT2D eigenvalue weighted by Gasteiger charge is 2.22. The second-order valence-corrected chi connectivity index (χ2v) is 7.75. The topological polar surface area (TPSA) is 152 Å².